The van der Waals surface area contributed by atoms with Crippen LogP contribution in [0.15, 0.2) is 0 Å². The number of nitrogens with two attached hydrogens (primary N) is 1. The van der Waals surface area contributed by atoms with Crippen molar-refractivity contribution in [2.24, 2.45) is 11.7 Å². The van der Waals surface area contributed by atoms with Crippen molar-refractivity contribution in [3.63, 3.8) is 0 Å². The Bertz CT molecular complexity index is 116. The summed E-state index contributed by atoms with van der Waals surface area (Å²) in [5.74, 6) is -1.16. The molecule has 0 aromatic heterocycles. The second kappa shape index (κ2) is 4.24. The Labute approximate surface area is 59.7 Å². The van der Waals surface area contributed by atoms with Gasteiger partial charge in [-0.2, -0.15) is 0 Å². The second-order valence-electron chi connectivity index (χ2n) is 2.38. The van der Waals surface area contributed by atoms with Gasteiger partial charge in [0.25, 0.3) is 0 Å². The van der Waals surface area contributed by atoms with Gasteiger partial charge >= 0.3 is 5.97 Å². The number of rotatable bonds is 4. The average Bonchev–Trinajstić information content (AvgIpc) is 1.85. The highest BCUT2D eigenvalue weighted by molar-refractivity contribution is 5.67. The highest BCUT2D eigenvalue weighted by Gasteiger charge is 2.14. The van der Waals surface area contributed by atoms with Crippen LogP contribution < -0.4 is 5.73 Å². The fourth-order valence-corrected chi connectivity index (χ4v) is 0.644. The minimum absolute atomic E-state index is 0.0294. The summed E-state index contributed by atoms with van der Waals surface area (Å²) in [5, 5.41) is 17.3. The lowest BCUT2D eigenvalue weighted by Crippen LogP contribution is -2.28. The van der Waals surface area contributed by atoms with E-state index in [1.54, 1.807) is 6.92 Å². The van der Waals surface area contributed by atoms with Gasteiger partial charge in [0.2, 0.25) is 0 Å². The predicted octanol–water partition coefficient (Wildman–Crippen LogP) is -0.583. The number of carbonyl (C=O) groups is 1. The second-order valence-corrected chi connectivity index (χ2v) is 2.38. The Morgan fingerprint density at radius 2 is 2.20 bits per heavy atom. The molecule has 0 fully saturated rings. The maximum Gasteiger partial charge on any atom is 0.303 e. The Kier molecular flexibility index (Phi) is 3.99. The predicted molar refractivity (Wildman–Crippen MR) is 36.5 cm³/mol. The zero-order valence-electron chi connectivity index (χ0n) is 5.95. The largest absolute Gasteiger partial charge is 0.481 e. The van der Waals surface area contributed by atoms with Crippen LogP contribution in [0.25, 0.3) is 0 Å². The van der Waals surface area contributed by atoms with Crippen molar-refractivity contribution in [1.82, 2.24) is 0 Å². The smallest absolute Gasteiger partial charge is 0.303 e. The highest BCUT2D eigenvalue weighted by atomic mass is 16.4. The van der Waals surface area contributed by atoms with Crippen LogP contribution in [0.4, 0.5) is 0 Å². The van der Waals surface area contributed by atoms with Crippen molar-refractivity contribution in [3.05, 3.63) is 0 Å². The molecule has 0 aromatic rings. The quantitative estimate of drug-likeness (QED) is 0.496. The summed E-state index contributed by atoms with van der Waals surface area (Å²) in [5.41, 5.74) is 5.11. The van der Waals surface area contributed by atoms with E-state index in [1.807, 2.05) is 0 Å². The molecule has 10 heavy (non-hydrogen) atoms. The molecule has 0 radical (unpaired) electrons. The molecular weight excluding hydrogens is 134 g/mol. The Morgan fingerprint density at radius 3 is 2.50 bits per heavy atom. The normalized spacial score (nSPS) is 16.3. The maximum absolute atomic E-state index is 10.1. The van der Waals surface area contributed by atoms with Crippen LogP contribution in [0.3, 0.4) is 0 Å². The van der Waals surface area contributed by atoms with Gasteiger partial charge in [0.1, 0.15) is 0 Å². The number of aliphatic carboxylic acids is 1. The Balaban J connectivity index is 3.61. The van der Waals surface area contributed by atoms with Crippen molar-refractivity contribution < 1.29 is 15.0 Å². The summed E-state index contributed by atoms with van der Waals surface area (Å²) >= 11 is 0. The van der Waals surface area contributed by atoms with Crippen LogP contribution in [-0.4, -0.2) is 28.8 Å². The third-order valence-electron chi connectivity index (χ3n) is 1.39. The van der Waals surface area contributed by atoms with E-state index in [-0.39, 0.29) is 18.9 Å². The van der Waals surface area contributed by atoms with Crippen LogP contribution in [0.5, 0.6) is 0 Å². The molecule has 4 N–H and O–H groups in total. The third-order valence-corrected chi connectivity index (χ3v) is 1.39. The molecule has 0 aliphatic heterocycles. The molecule has 0 heterocycles. The Hall–Kier alpha value is -0.610. The van der Waals surface area contributed by atoms with Gasteiger partial charge in [-0.25, -0.2) is 0 Å². The summed E-state index contributed by atoms with van der Waals surface area (Å²) < 4.78 is 0. The lowest BCUT2D eigenvalue weighted by atomic mass is 10.0. The van der Waals surface area contributed by atoms with Gasteiger partial charge in [-0.1, -0.05) is 6.92 Å². The Morgan fingerprint density at radius 1 is 1.70 bits per heavy atom. The van der Waals surface area contributed by atoms with E-state index in [2.05, 4.69) is 0 Å². The van der Waals surface area contributed by atoms with E-state index < -0.39 is 12.1 Å². The molecule has 4 heteroatoms. The molecule has 0 amide bonds. The minimum atomic E-state index is -0.903. The molecule has 2 unspecified atom stereocenters. The molecule has 0 rings (SSSR count). The van der Waals surface area contributed by atoms with Crippen LogP contribution in [0, 0.1) is 5.92 Å². The lowest BCUT2D eigenvalue weighted by Gasteiger charge is -2.13. The van der Waals surface area contributed by atoms with Gasteiger partial charge in [-0.15, -0.1) is 0 Å². The van der Waals surface area contributed by atoms with Crippen LogP contribution in [0.1, 0.15) is 13.3 Å². The maximum atomic E-state index is 10.1. The van der Waals surface area contributed by atoms with Gasteiger partial charge in [-0.05, 0) is 5.92 Å². The fourth-order valence-electron chi connectivity index (χ4n) is 0.644. The molecule has 0 bridgehead atoms. The first-order valence-corrected chi connectivity index (χ1v) is 3.17. The third kappa shape index (κ3) is 3.42. The summed E-state index contributed by atoms with van der Waals surface area (Å²) in [7, 11) is 0. The van der Waals surface area contributed by atoms with Crippen molar-refractivity contribution in [2.45, 2.75) is 19.4 Å². The lowest BCUT2D eigenvalue weighted by molar-refractivity contribution is -0.138. The van der Waals surface area contributed by atoms with E-state index in [1.165, 1.54) is 0 Å². The molecule has 0 aromatic carbocycles. The SMILES string of the molecule is CC(CC(=O)O)C(O)CN. The first-order chi connectivity index (χ1) is 4.57. The summed E-state index contributed by atoms with van der Waals surface area (Å²) in [4.78, 5) is 10.1. The molecule has 2 atom stereocenters. The fraction of sp³-hybridized carbons (Fsp3) is 0.833. The summed E-state index contributed by atoms with van der Waals surface area (Å²) in [6.07, 6.45) is -0.727. The molecule has 0 saturated carbocycles. The van der Waals surface area contributed by atoms with Crippen LogP contribution in [-0.2, 0) is 4.79 Å². The number of carboxylic acids is 1. The van der Waals surface area contributed by atoms with E-state index in [0.29, 0.717) is 0 Å². The highest BCUT2D eigenvalue weighted by Crippen LogP contribution is 2.06. The number of carboxylic acid groups (broad SMARTS) is 1. The monoisotopic (exact) mass is 147 g/mol. The van der Waals surface area contributed by atoms with Gasteiger partial charge < -0.3 is 15.9 Å². The molecular formula is C6H13NO3. The van der Waals surface area contributed by atoms with Crippen LogP contribution in [0.2, 0.25) is 0 Å². The van der Waals surface area contributed by atoms with E-state index in [4.69, 9.17) is 15.9 Å². The molecule has 0 aliphatic carbocycles. The van der Waals surface area contributed by atoms with E-state index >= 15 is 0 Å². The zero-order chi connectivity index (χ0) is 8.15. The molecule has 60 valence electrons. The summed E-state index contributed by atoms with van der Waals surface area (Å²) in [6.45, 7) is 1.78. The van der Waals surface area contributed by atoms with Crippen molar-refractivity contribution >= 4 is 5.97 Å². The van der Waals surface area contributed by atoms with Crippen molar-refractivity contribution in [2.75, 3.05) is 6.54 Å². The van der Waals surface area contributed by atoms with Crippen molar-refractivity contribution in [3.8, 4) is 0 Å². The minimum Gasteiger partial charge on any atom is -0.481 e. The molecule has 4 nitrogen and oxygen atoms in total. The van der Waals surface area contributed by atoms with Gasteiger partial charge in [-0.3, -0.25) is 4.79 Å². The van der Waals surface area contributed by atoms with Gasteiger partial charge in [0.15, 0.2) is 0 Å². The standard InChI is InChI=1S/C6H13NO3/c1-4(2-6(9)10)5(8)3-7/h4-5,8H,2-3,7H2,1H3,(H,9,10). The zero-order valence-corrected chi connectivity index (χ0v) is 5.95. The molecule has 0 saturated heterocycles. The van der Waals surface area contributed by atoms with Gasteiger partial charge in [0.05, 0.1) is 12.5 Å². The number of hydrogen-bond donors (Lipinski definition) is 3. The van der Waals surface area contributed by atoms with Gasteiger partial charge in [0, 0.05) is 6.54 Å². The molecule has 0 spiro atoms. The van der Waals surface area contributed by atoms with E-state index in [9.17, 15) is 4.79 Å². The molecule has 0 aliphatic rings. The van der Waals surface area contributed by atoms with Crippen LogP contribution >= 0.6 is 0 Å². The number of aliphatic hydroxyl groups excluding tert-OH is 1. The topological polar surface area (TPSA) is 83.5 Å². The first-order valence-electron chi connectivity index (χ1n) is 3.17. The average molecular weight is 147 g/mol. The summed E-state index contributed by atoms with van der Waals surface area (Å²) in [6, 6.07) is 0. The first kappa shape index (κ1) is 9.39. The van der Waals surface area contributed by atoms with E-state index in [0.717, 1.165) is 0 Å². The number of aliphatic hydroxyl groups is 1. The number of hydrogen-bond acceptors (Lipinski definition) is 3. The van der Waals surface area contributed by atoms with Crippen molar-refractivity contribution in [1.29, 1.82) is 0 Å².